The van der Waals surface area contributed by atoms with E-state index in [0.29, 0.717) is 12.3 Å². The Hall–Kier alpha value is -0.790. The van der Waals surface area contributed by atoms with Crippen LogP contribution >= 0.6 is 0 Å². The smallest absolute Gasteiger partial charge is 0.310 e. The van der Waals surface area contributed by atoms with E-state index in [0.717, 1.165) is 19.3 Å². The van der Waals surface area contributed by atoms with Crippen molar-refractivity contribution in [2.24, 2.45) is 17.3 Å². The number of aliphatic carboxylic acids is 1. The molecule has 2 nitrogen and oxygen atoms in total. The number of hydrogen-bond acceptors (Lipinski definition) is 1. The van der Waals surface area contributed by atoms with E-state index in [1.54, 1.807) is 6.08 Å². The van der Waals surface area contributed by atoms with E-state index >= 15 is 0 Å². The van der Waals surface area contributed by atoms with Gasteiger partial charge in [0.15, 0.2) is 0 Å². The van der Waals surface area contributed by atoms with Crippen molar-refractivity contribution >= 4 is 5.97 Å². The molecule has 80 valence electrons. The summed E-state index contributed by atoms with van der Waals surface area (Å²) in [7, 11) is 0. The van der Waals surface area contributed by atoms with Crippen molar-refractivity contribution in [1.82, 2.24) is 0 Å². The van der Waals surface area contributed by atoms with Crippen LogP contribution in [0.15, 0.2) is 12.7 Å². The fraction of sp³-hybridized carbons (Fsp3) is 0.750. The third-order valence-electron chi connectivity index (χ3n) is 3.68. The fourth-order valence-electron chi connectivity index (χ4n) is 2.66. The second kappa shape index (κ2) is 4.16. The molecule has 0 aliphatic heterocycles. The Balaban J connectivity index is 2.91. The highest BCUT2D eigenvalue weighted by Crippen LogP contribution is 2.46. The van der Waals surface area contributed by atoms with Crippen molar-refractivity contribution in [1.29, 1.82) is 0 Å². The van der Waals surface area contributed by atoms with Gasteiger partial charge in [-0.3, -0.25) is 4.79 Å². The summed E-state index contributed by atoms with van der Waals surface area (Å²) in [6, 6.07) is 0. The number of carbonyl (C=O) groups is 1. The minimum absolute atomic E-state index is 0.272. The molecule has 0 aromatic carbocycles. The van der Waals surface area contributed by atoms with Crippen LogP contribution in [-0.4, -0.2) is 11.1 Å². The van der Waals surface area contributed by atoms with Crippen LogP contribution in [0.4, 0.5) is 0 Å². The summed E-state index contributed by atoms with van der Waals surface area (Å²) in [6.07, 6.45) is 5.35. The fourth-order valence-corrected chi connectivity index (χ4v) is 2.66. The maximum atomic E-state index is 11.4. The molecule has 1 fully saturated rings. The summed E-state index contributed by atoms with van der Waals surface area (Å²) in [6.45, 7) is 7.88. The monoisotopic (exact) mass is 196 g/mol. The van der Waals surface area contributed by atoms with Gasteiger partial charge in [0.05, 0.1) is 5.41 Å². The van der Waals surface area contributed by atoms with Crippen molar-refractivity contribution in [3.05, 3.63) is 12.7 Å². The Labute approximate surface area is 86.0 Å². The lowest BCUT2D eigenvalue weighted by Gasteiger charge is -2.41. The summed E-state index contributed by atoms with van der Waals surface area (Å²) in [5.41, 5.74) is -0.542. The molecule has 0 heterocycles. The van der Waals surface area contributed by atoms with Gasteiger partial charge in [0.1, 0.15) is 0 Å². The largest absolute Gasteiger partial charge is 0.481 e. The van der Waals surface area contributed by atoms with Crippen molar-refractivity contribution in [2.45, 2.75) is 39.5 Å². The summed E-state index contributed by atoms with van der Waals surface area (Å²) >= 11 is 0. The topological polar surface area (TPSA) is 37.3 Å². The molecule has 3 atom stereocenters. The highest BCUT2D eigenvalue weighted by Gasteiger charge is 2.45. The summed E-state index contributed by atoms with van der Waals surface area (Å²) < 4.78 is 0. The van der Waals surface area contributed by atoms with Crippen LogP contribution in [0, 0.1) is 17.3 Å². The molecule has 1 rings (SSSR count). The maximum absolute atomic E-state index is 11.4. The van der Waals surface area contributed by atoms with E-state index < -0.39 is 11.4 Å². The minimum Gasteiger partial charge on any atom is -0.481 e. The van der Waals surface area contributed by atoms with Crippen LogP contribution in [-0.2, 0) is 4.79 Å². The molecule has 3 unspecified atom stereocenters. The van der Waals surface area contributed by atoms with E-state index in [1.807, 2.05) is 0 Å². The second-order valence-electron chi connectivity index (χ2n) is 4.74. The van der Waals surface area contributed by atoms with Gasteiger partial charge in [0.2, 0.25) is 0 Å². The van der Waals surface area contributed by atoms with Gasteiger partial charge in [-0.05, 0) is 31.1 Å². The third kappa shape index (κ3) is 1.84. The van der Waals surface area contributed by atoms with Crippen molar-refractivity contribution in [3.8, 4) is 0 Å². The summed E-state index contributed by atoms with van der Waals surface area (Å²) in [4.78, 5) is 11.4. The van der Waals surface area contributed by atoms with Gasteiger partial charge in [-0.25, -0.2) is 0 Å². The molecule has 1 aliphatic carbocycles. The quantitative estimate of drug-likeness (QED) is 0.704. The first-order chi connectivity index (χ1) is 6.53. The van der Waals surface area contributed by atoms with Gasteiger partial charge in [-0.2, -0.15) is 0 Å². The Kier molecular flexibility index (Phi) is 3.35. The van der Waals surface area contributed by atoms with Crippen LogP contribution in [0.2, 0.25) is 0 Å². The van der Waals surface area contributed by atoms with Crippen molar-refractivity contribution in [2.75, 3.05) is 0 Å². The highest BCUT2D eigenvalue weighted by molar-refractivity contribution is 5.75. The molecule has 0 spiro atoms. The first-order valence-electron chi connectivity index (χ1n) is 5.37. The first kappa shape index (κ1) is 11.3. The van der Waals surface area contributed by atoms with Crippen LogP contribution in [0.3, 0.4) is 0 Å². The molecule has 0 bridgehead atoms. The molecular weight excluding hydrogens is 176 g/mol. The maximum Gasteiger partial charge on any atom is 0.310 e. The minimum atomic E-state index is -0.642. The van der Waals surface area contributed by atoms with E-state index in [1.165, 1.54) is 0 Å². The normalized spacial score (nSPS) is 37.9. The van der Waals surface area contributed by atoms with Crippen molar-refractivity contribution < 1.29 is 9.90 Å². The predicted octanol–water partition coefficient (Wildman–Crippen LogP) is 3.09. The number of allylic oxidation sites excluding steroid dienone is 1. The van der Waals surface area contributed by atoms with Gasteiger partial charge in [0.25, 0.3) is 0 Å². The average molecular weight is 196 g/mol. The number of rotatable bonds is 3. The SMILES string of the molecule is C=CCC1(C(=O)O)CC(C)CCC1C. The molecule has 2 heteroatoms. The molecule has 14 heavy (non-hydrogen) atoms. The van der Waals surface area contributed by atoms with Crippen LogP contribution in [0.5, 0.6) is 0 Å². The lowest BCUT2D eigenvalue weighted by Crippen LogP contribution is -2.41. The van der Waals surface area contributed by atoms with E-state index in [2.05, 4.69) is 20.4 Å². The van der Waals surface area contributed by atoms with Crippen LogP contribution in [0.25, 0.3) is 0 Å². The molecule has 0 saturated heterocycles. The zero-order valence-electron chi connectivity index (χ0n) is 9.12. The van der Waals surface area contributed by atoms with Gasteiger partial charge < -0.3 is 5.11 Å². The first-order valence-corrected chi connectivity index (χ1v) is 5.37. The molecule has 0 amide bonds. The lowest BCUT2D eigenvalue weighted by molar-refractivity contribution is -0.155. The molecule has 1 N–H and O–H groups in total. The standard InChI is InChI=1S/C12H20O2/c1-4-7-12(11(13)14)8-9(2)5-6-10(12)3/h4,9-10H,1,5-8H2,2-3H3,(H,13,14). The Bertz CT molecular complexity index is 234. The number of carboxylic acids is 1. The van der Waals surface area contributed by atoms with Crippen molar-refractivity contribution in [3.63, 3.8) is 0 Å². The summed E-state index contributed by atoms with van der Waals surface area (Å²) in [5.74, 6) is 0.160. The molecule has 1 aliphatic rings. The Morgan fingerprint density at radius 3 is 2.71 bits per heavy atom. The van der Waals surface area contributed by atoms with Gasteiger partial charge in [-0.1, -0.05) is 26.3 Å². The average Bonchev–Trinajstić information content (AvgIpc) is 2.11. The molecule has 0 radical (unpaired) electrons. The molecule has 0 aromatic heterocycles. The second-order valence-corrected chi connectivity index (χ2v) is 4.74. The Morgan fingerprint density at radius 2 is 2.21 bits per heavy atom. The third-order valence-corrected chi connectivity index (χ3v) is 3.68. The van der Waals surface area contributed by atoms with E-state index in [9.17, 15) is 9.90 Å². The van der Waals surface area contributed by atoms with Gasteiger partial charge >= 0.3 is 5.97 Å². The zero-order chi connectivity index (χ0) is 10.8. The Morgan fingerprint density at radius 1 is 1.57 bits per heavy atom. The van der Waals surface area contributed by atoms with E-state index in [-0.39, 0.29) is 5.92 Å². The highest BCUT2D eigenvalue weighted by atomic mass is 16.4. The summed E-state index contributed by atoms with van der Waals surface area (Å²) in [5, 5.41) is 9.36. The predicted molar refractivity (Wildman–Crippen MR) is 57.1 cm³/mol. The lowest BCUT2D eigenvalue weighted by atomic mass is 9.62. The molecule has 1 saturated carbocycles. The van der Waals surface area contributed by atoms with Gasteiger partial charge in [-0.15, -0.1) is 6.58 Å². The molecule has 0 aromatic rings. The number of hydrogen-bond donors (Lipinski definition) is 1. The number of carboxylic acid groups (broad SMARTS) is 1. The van der Waals surface area contributed by atoms with E-state index in [4.69, 9.17) is 0 Å². The van der Waals surface area contributed by atoms with Crippen LogP contribution in [0.1, 0.15) is 39.5 Å². The molecular formula is C12H20O2. The van der Waals surface area contributed by atoms with Gasteiger partial charge in [0, 0.05) is 0 Å². The zero-order valence-corrected chi connectivity index (χ0v) is 9.12. The van der Waals surface area contributed by atoms with Crippen LogP contribution < -0.4 is 0 Å².